The van der Waals surface area contributed by atoms with Crippen LogP contribution >= 0.6 is 0 Å². The van der Waals surface area contributed by atoms with E-state index in [1.807, 2.05) is 13.0 Å². The molecular weight excluding hydrogens is 411 g/mol. The molecule has 0 radical (unpaired) electrons. The number of piperidine rings is 1. The summed E-state index contributed by atoms with van der Waals surface area (Å²) in [5.41, 5.74) is 1.45. The predicted molar refractivity (Wildman–Crippen MR) is 120 cm³/mol. The molecule has 0 spiro atoms. The van der Waals surface area contributed by atoms with Gasteiger partial charge in [-0.25, -0.2) is 14.2 Å². The first-order valence-electron chi connectivity index (χ1n) is 11.0. The predicted octanol–water partition coefficient (Wildman–Crippen LogP) is 3.36. The zero-order chi connectivity index (χ0) is 22.9. The van der Waals surface area contributed by atoms with E-state index in [-0.39, 0.29) is 17.6 Å². The van der Waals surface area contributed by atoms with Crippen molar-refractivity contribution in [1.29, 1.82) is 0 Å². The maximum Gasteiger partial charge on any atom is 0.317 e. The fourth-order valence-electron chi connectivity index (χ4n) is 3.79. The lowest BCUT2D eigenvalue weighted by molar-refractivity contribution is 0.0886. The number of hydrogen-bond donors (Lipinski definition) is 1. The van der Waals surface area contributed by atoms with E-state index in [0.717, 1.165) is 31.5 Å². The molecule has 32 heavy (non-hydrogen) atoms. The fourth-order valence-corrected chi connectivity index (χ4v) is 3.79. The third-order valence-corrected chi connectivity index (χ3v) is 5.65. The van der Waals surface area contributed by atoms with Crippen molar-refractivity contribution >= 4 is 11.8 Å². The van der Waals surface area contributed by atoms with Gasteiger partial charge in [0.05, 0.1) is 13.2 Å². The summed E-state index contributed by atoms with van der Waals surface area (Å²) in [4.78, 5) is 32.9. The van der Waals surface area contributed by atoms with Crippen molar-refractivity contribution in [3.05, 3.63) is 59.5 Å². The SMILES string of the molecule is CCOc1ccc(CNC(=O)N(C)CC2CCN(CC(=O)c3ccc(F)cc3)CC2)cn1. The van der Waals surface area contributed by atoms with Crippen LogP contribution in [-0.4, -0.2) is 66.4 Å². The smallest absolute Gasteiger partial charge is 0.317 e. The second-order valence-corrected chi connectivity index (χ2v) is 8.13. The highest BCUT2D eigenvalue weighted by Crippen LogP contribution is 2.19. The Balaban J connectivity index is 1.37. The minimum absolute atomic E-state index is 0.00345. The van der Waals surface area contributed by atoms with Crippen molar-refractivity contribution in [2.75, 3.05) is 39.8 Å². The number of amides is 2. The van der Waals surface area contributed by atoms with Crippen molar-refractivity contribution in [2.24, 2.45) is 5.92 Å². The van der Waals surface area contributed by atoms with E-state index >= 15 is 0 Å². The number of nitrogens with zero attached hydrogens (tertiary/aromatic N) is 3. The third kappa shape index (κ3) is 7.02. The van der Waals surface area contributed by atoms with Gasteiger partial charge >= 0.3 is 6.03 Å². The number of carbonyl (C=O) groups is 2. The number of halogens is 1. The Morgan fingerprint density at radius 3 is 2.53 bits per heavy atom. The number of aromatic nitrogens is 1. The zero-order valence-electron chi connectivity index (χ0n) is 18.7. The summed E-state index contributed by atoms with van der Waals surface area (Å²) in [6.45, 7) is 5.51. The highest BCUT2D eigenvalue weighted by atomic mass is 19.1. The number of carbonyl (C=O) groups excluding carboxylic acids is 2. The Morgan fingerprint density at radius 2 is 1.91 bits per heavy atom. The Labute approximate surface area is 188 Å². The minimum Gasteiger partial charge on any atom is -0.478 e. The number of pyridine rings is 1. The molecule has 0 bridgehead atoms. The largest absolute Gasteiger partial charge is 0.478 e. The van der Waals surface area contributed by atoms with Crippen LogP contribution in [0.25, 0.3) is 0 Å². The Hall–Kier alpha value is -3.00. The van der Waals surface area contributed by atoms with E-state index in [1.165, 1.54) is 24.3 Å². The normalized spacial score (nSPS) is 14.7. The number of likely N-dealkylation sites (tertiary alicyclic amines) is 1. The van der Waals surface area contributed by atoms with E-state index in [9.17, 15) is 14.0 Å². The molecule has 2 aromatic rings. The van der Waals surface area contributed by atoms with Gasteiger partial charge < -0.3 is 15.0 Å². The van der Waals surface area contributed by atoms with Crippen molar-refractivity contribution in [3.63, 3.8) is 0 Å². The average molecular weight is 443 g/mol. The molecule has 1 aromatic carbocycles. The molecule has 1 N–H and O–H groups in total. The molecule has 7 nitrogen and oxygen atoms in total. The van der Waals surface area contributed by atoms with Crippen LogP contribution in [0, 0.1) is 11.7 Å². The first-order chi connectivity index (χ1) is 15.4. The molecule has 8 heteroatoms. The number of hydrogen-bond acceptors (Lipinski definition) is 5. The summed E-state index contributed by atoms with van der Waals surface area (Å²) >= 11 is 0. The quantitative estimate of drug-likeness (QED) is 0.603. The highest BCUT2D eigenvalue weighted by molar-refractivity contribution is 5.97. The van der Waals surface area contributed by atoms with Gasteiger partial charge in [-0.05, 0) is 68.6 Å². The molecule has 2 amide bonds. The highest BCUT2D eigenvalue weighted by Gasteiger charge is 2.23. The van der Waals surface area contributed by atoms with Crippen LogP contribution < -0.4 is 10.1 Å². The molecule has 1 aromatic heterocycles. The number of benzene rings is 1. The third-order valence-electron chi connectivity index (χ3n) is 5.65. The van der Waals surface area contributed by atoms with Crippen LogP contribution in [0.4, 0.5) is 9.18 Å². The fraction of sp³-hybridized carbons (Fsp3) is 0.458. The summed E-state index contributed by atoms with van der Waals surface area (Å²) in [7, 11) is 1.80. The molecule has 1 aliphatic rings. The molecule has 172 valence electrons. The second-order valence-electron chi connectivity index (χ2n) is 8.13. The molecule has 1 aliphatic heterocycles. The van der Waals surface area contributed by atoms with Gasteiger partial charge in [-0.3, -0.25) is 9.69 Å². The number of Topliss-reactive ketones (excluding diaryl/α,β-unsaturated/α-hetero) is 1. The van der Waals surface area contributed by atoms with Gasteiger partial charge in [-0.15, -0.1) is 0 Å². The lowest BCUT2D eigenvalue weighted by Crippen LogP contribution is -2.43. The van der Waals surface area contributed by atoms with Crippen LogP contribution in [0.1, 0.15) is 35.7 Å². The van der Waals surface area contributed by atoms with Gasteiger partial charge in [0.15, 0.2) is 5.78 Å². The van der Waals surface area contributed by atoms with E-state index in [2.05, 4.69) is 15.2 Å². The lowest BCUT2D eigenvalue weighted by Gasteiger charge is -2.33. The first kappa shape index (κ1) is 23.7. The van der Waals surface area contributed by atoms with E-state index < -0.39 is 0 Å². The molecule has 3 rings (SSSR count). The van der Waals surface area contributed by atoms with Crippen LogP contribution in [0.2, 0.25) is 0 Å². The van der Waals surface area contributed by atoms with Crippen molar-refractivity contribution in [3.8, 4) is 5.88 Å². The number of urea groups is 1. The van der Waals surface area contributed by atoms with Gasteiger partial charge in [0.2, 0.25) is 5.88 Å². The lowest BCUT2D eigenvalue weighted by atomic mass is 9.96. The Morgan fingerprint density at radius 1 is 1.19 bits per heavy atom. The molecule has 0 saturated carbocycles. The summed E-state index contributed by atoms with van der Waals surface area (Å²) in [5, 5.41) is 2.92. The Bertz CT molecular complexity index is 881. The summed E-state index contributed by atoms with van der Waals surface area (Å²) in [5.74, 6) is 0.635. The molecule has 0 aliphatic carbocycles. The van der Waals surface area contributed by atoms with E-state index in [0.29, 0.717) is 43.6 Å². The van der Waals surface area contributed by atoms with Gasteiger partial charge in [0, 0.05) is 38.0 Å². The summed E-state index contributed by atoms with van der Waals surface area (Å²) in [6, 6.07) is 9.25. The maximum atomic E-state index is 13.0. The standard InChI is InChI=1S/C24H31FN4O3/c1-3-32-23-9-4-19(14-26-23)15-27-24(31)28(2)16-18-10-12-29(13-11-18)17-22(30)20-5-7-21(25)8-6-20/h4-9,14,18H,3,10-13,15-17H2,1-2H3,(H,27,31). The molecule has 0 unspecified atom stereocenters. The molecular formula is C24H31FN4O3. The van der Waals surface area contributed by atoms with E-state index in [1.54, 1.807) is 24.2 Å². The first-order valence-corrected chi connectivity index (χ1v) is 11.0. The van der Waals surface area contributed by atoms with Gasteiger partial charge in [-0.2, -0.15) is 0 Å². The van der Waals surface area contributed by atoms with Crippen LogP contribution in [0.3, 0.4) is 0 Å². The molecule has 1 fully saturated rings. The topological polar surface area (TPSA) is 74.8 Å². The molecule has 2 heterocycles. The zero-order valence-corrected chi connectivity index (χ0v) is 18.7. The summed E-state index contributed by atoms with van der Waals surface area (Å²) in [6.07, 6.45) is 3.56. The van der Waals surface area contributed by atoms with Crippen molar-refractivity contribution in [2.45, 2.75) is 26.3 Å². The number of ether oxygens (including phenoxy) is 1. The van der Waals surface area contributed by atoms with E-state index in [4.69, 9.17) is 4.74 Å². The monoisotopic (exact) mass is 442 g/mol. The van der Waals surface area contributed by atoms with Crippen molar-refractivity contribution < 1.29 is 18.7 Å². The van der Waals surface area contributed by atoms with Crippen LogP contribution in [0.15, 0.2) is 42.6 Å². The van der Waals surface area contributed by atoms with Crippen molar-refractivity contribution in [1.82, 2.24) is 20.1 Å². The van der Waals surface area contributed by atoms with Gasteiger partial charge in [-0.1, -0.05) is 6.07 Å². The second kappa shape index (κ2) is 11.6. The minimum atomic E-state index is -0.341. The average Bonchev–Trinajstić information content (AvgIpc) is 2.80. The maximum absolute atomic E-state index is 13.0. The number of nitrogens with one attached hydrogen (secondary N) is 1. The summed E-state index contributed by atoms with van der Waals surface area (Å²) < 4.78 is 18.3. The van der Waals surface area contributed by atoms with Gasteiger partial charge in [0.1, 0.15) is 5.82 Å². The molecule has 1 saturated heterocycles. The number of ketones is 1. The Kier molecular flexibility index (Phi) is 8.56. The van der Waals surface area contributed by atoms with Crippen LogP contribution in [-0.2, 0) is 6.54 Å². The van der Waals surface area contributed by atoms with Gasteiger partial charge in [0.25, 0.3) is 0 Å². The molecule has 0 atom stereocenters. The van der Waals surface area contributed by atoms with Crippen LogP contribution in [0.5, 0.6) is 5.88 Å². The number of rotatable bonds is 9.